The molecule has 4 rings (SSSR count). The topological polar surface area (TPSA) is 72.4 Å². The number of benzene rings is 1. The highest BCUT2D eigenvalue weighted by molar-refractivity contribution is 5.95. The first-order chi connectivity index (χ1) is 12.6. The lowest BCUT2D eigenvalue weighted by Gasteiger charge is -2.34. The fraction of sp³-hybridized carbons (Fsp3) is 0.500. The van der Waals surface area contributed by atoms with E-state index in [2.05, 4.69) is 9.97 Å². The largest absolute Gasteiger partial charge is 0.466 e. The number of carbonyl (C=O) groups excluding carboxylic acids is 2. The maximum Gasteiger partial charge on any atom is 0.314 e. The minimum absolute atomic E-state index is 0.0742. The Kier molecular flexibility index (Phi) is 4.13. The molecular formula is C20H23N3O3. The molecule has 3 heterocycles. The summed E-state index contributed by atoms with van der Waals surface area (Å²) in [6, 6.07) is 7.47. The second-order valence-corrected chi connectivity index (χ2v) is 7.14. The molecule has 0 radical (unpaired) electrons. The van der Waals surface area contributed by atoms with E-state index >= 15 is 0 Å². The van der Waals surface area contributed by atoms with E-state index in [0.29, 0.717) is 30.7 Å². The van der Waals surface area contributed by atoms with Gasteiger partial charge >= 0.3 is 5.97 Å². The number of nitrogens with zero attached hydrogens (tertiary/aromatic N) is 3. The summed E-state index contributed by atoms with van der Waals surface area (Å²) in [4.78, 5) is 36.6. The number of rotatable bonds is 4. The smallest absolute Gasteiger partial charge is 0.314 e. The van der Waals surface area contributed by atoms with Crippen molar-refractivity contribution < 1.29 is 14.3 Å². The van der Waals surface area contributed by atoms with Crippen LogP contribution in [0.3, 0.4) is 0 Å². The molecule has 26 heavy (non-hydrogen) atoms. The molecule has 2 bridgehead atoms. The van der Waals surface area contributed by atoms with Gasteiger partial charge < -0.3 is 9.64 Å². The van der Waals surface area contributed by atoms with E-state index in [1.165, 1.54) is 0 Å². The van der Waals surface area contributed by atoms with Gasteiger partial charge in [-0.1, -0.05) is 19.1 Å². The van der Waals surface area contributed by atoms with Crippen LogP contribution in [-0.4, -0.2) is 45.4 Å². The Morgan fingerprint density at radius 1 is 1.23 bits per heavy atom. The first-order valence-corrected chi connectivity index (χ1v) is 9.32. The number of ether oxygens (including phenoxy) is 1. The Hall–Kier alpha value is -2.50. The van der Waals surface area contributed by atoms with E-state index in [1.54, 1.807) is 6.20 Å². The van der Waals surface area contributed by atoms with Gasteiger partial charge in [-0.3, -0.25) is 14.6 Å². The number of carbonyl (C=O) groups is 2. The van der Waals surface area contributed by atoms with Crippen molar-refractivity contribution in [3.63, 3.8) is 0 Å². The second kappa shape index (κ2) is 6.34. The molecule has 1 amide bonds. The van der Waals surface area contributed by atoms with Gasteiger partial charge in [0, 0.05) is 12.1 Å². The molecular weight excluding hydrogens is 330 g/mol. The fourth-order valence-electron chi connectivity index (χ4n) is 4.70. The minimum atomic E-state index is -0.584. The number of amides is 1. The molecule has 2 fully saturated rings. The van der Waals surface area contributed by atoms with Gasteiger partial charge in [0.1, 0.15) is 5.69 Å². The van der Waals surface area contributed by atoms with Gasteiger partial charge in [0.15, 0.2) is 0 Å². The van der Waals surface area contributed by atoms with Crippen molar-refractivity contribution in [2.24, 2.45) is 5.41 Å². The molecule has 0 N–H and O–H groups in total. The van der Waals surface area contributed by atoms with Gasteiger partial charge in [-0.15, -0.1) is 0 Å². The number of esters is 1. The summed E-state index contributed by atoms with van der Waals surface area (Å²) >= 11 is 0. The summed E-state index contributed by atoms with van der Waals surface area (Å²) in [7, 11) is 0. The molecule has 0 saturated carbocycles. The molecule has 136 valence electrons. The molecule has 2 aliphatic rings. The van der Waals surface area contributed by atoms with E-state index in [9.17, 15) is 9.59 Å². The third-order valence-corrected chi connectivity index (χ3v) is 5.96. The molecule has 2 saturated heterocycles. The van der Waals surface area contributed by atoms with Crippen molar-refractivity contribution in [3.05, 3.63) is 36.2 Å². The van der Waals surface area contributed by atoms with Gasteiger partial charge in [0.05, 0.1) is 29.3 Å². The Bertz CT molecular complexity index is 868. The number of fused-ring (bicyclic) bond motifs is 3. The molecule has 3 atom stereocenters. The van der Waals surface area contributed by atoms with Gasteiger partial charge in [0.25, 0.3) is 5.91 Å². The molecule has 6 heteroatoms. The van der Waals surface area contributed by atoms with Gasteiger partial charge in [0.2, 0.25) is 0 Å². The molecule has 0 aliphatic carbocycles. The van der Waals surface area contributed by atoms with Crippen molar-refractivity contribution in [2.75, 3.05) is 6.61 Å². The van der Waals surface area contributed by atoms with Crippen LogP contribution in [0.15, 0.2) is 30.5 Å². The van der Waals surface area contributed by atoms with Crippen LogP contribution in [0.1, 0.15) is 50.0 Å². The first-order valence-electron chi connectivity index (χ1n) is 9.32. The number of aromatic nitrogens is 2. The van der Waals surface area contributed by atoms with Crippen LogP contribution in [0, 0.1) is 5.41 Å². The molecule has 0 unspecified atom stereocenters. The third-order valence-electron chi connectivity index (χ3n) is 5.96. The van der Waals surface area contributed by atoms with E-state index in [0.717, 1.165) is 18.4 Å². The average molecular weight is 353 g/mol. The van der Waals surface area contributed by atoms with Crippen LogP contribution in [0.4, 0.5) is 0 Å². The van der Waals surface area contributed by atoms with Crippen LogP contribution >= 0.6 is 0 Å². The lowest BCUT2D eigenvalue weighted by atomic mass is 9.72. The third kappa shape index (κ3) is 2.39. The zero-order valence-electron chi connectivity index (χ0n) is 15.1. The SMILES string of the molecule is CCOC(=O)[C@@]1(CC)C[C@H]2CC[C@@H]1N2C(=O)c1cnc2ccccc2n1. The van der Waals surface area contributed by atoms with E-state index in [-0.39, 0.29) is 24.0 Å². The summed E-state index contributed by atoms with van der Waals surface area (Å²) in [6.45, 7) is 4.19. The van der Waals surface area contributed by atoms with Crippen LogP contribution in [0.25, 0.3) is 11.0 Å². The van der Waals surface area contributed by atoms with Crippen molar-refractivity contribution >= 4 is 22.9 Å². The van der Waals surface area contributed by atoms with Crippen LogP contribution in [0.5, 0.6) is 0 Å². The van der Waals surface area contributed by atoms with E-state index < -0.39 is 5.41 Å². The highest BCUT2D eigenvalue weighted by Gasteiger charge is 2.61. The normalized spacial score (nSPS) is 27.1. The summed E-state index contributed by atoms with van der Waals surface area (Å²) in [5, 5.41) is 0. The first kappa shape index (κ1) is 16.9. The van der Waals surface area contributed by atoms with Crippen molar-refractivity contribution in [1.29, 1.82) is 0 Å². The zero-order chi connectivity index (χ0) is 18.3. The average Bonchev–Trinajstić information content (AvgIpc) is 3.23. The fourth-order valence-corrected chi connectivity index (χ4v) is 4.70. The maximum atomic E-state index is 13.2. The summed E-state index contributed by atoms with van der Waals surface area (Å²) in [5.74, 6) is -0.299. The molecule has 0 spiro atoms. The van der Waals surface area contributed by atoms with Crippen LogP contribution in [0.2, 0.25) is 0 Å². The zero-order valence-corrected chi connectivity index (χ0v) is 15.1. The predicted molar refractivity (Wildman–Crippen MR) is 96.5 cm³/mol. The van der Waals surface area contributed by atoms with Crippen molar-refractivity contribution in [1.82, 2.24) is 14.9 Å². The lowest BCUT2D eigenvalue weighted by Crippen LogP contribution is -2.45. The van der Waals surface area contributed by atoms with Gasteiger partial charge in [-0.2, -0.15) is 0 Å². The lowest BCUT2D eigenvalue weighted by molar-refractivity contribution is -0.157. The molecule has 6 nitrogen and oxygen atoms in total. The van der Waals surface area contributed by atoms with Crippen molar-refractivity contribution in [3.8, 4) is 0 Å². The number of hydrogen-bond acceptors (Lipinski definition) is 5. The minimum Gasteiger partial charge on any atom is -0.466 e. The van der Waals surface area contributed by atoms with Crippen LogP contribution < -0.4 is 0 Å². The van der Waals surface area contributed by atoms with Gasteiger partial charge in [-0.25, -0.2) is 4.98 Å². The van der Waals surface area contributed by atoms with Gasteiger partial charge in [-0.05, 0) is 44.7 Å². The predicted octanol–water partition coefficient (Wildman–Crippen LogP) is 2.97. The highest BCUT2D eigenvalue weighted by atomic mass is 16.5. The number of hydrogen-bond donors (Lipinski definition) is 0. The van der Waals surface area contributed by atoms with E-state index in [1.807, 2.05) is 43.0 Å². The Morgan fingerprint density at radius 3 is 2.73 bits per heavy atom. The molecule has 2 aromatic rings. The second-order valence-electron chi connectivity index (χ2n) is 7.14. The summed E-state index contributed by atoms with van der Waals surface area (Å²) in [5.41, 5.74) is 1.23. The van der Waals surface area contributed by atoms with Crippen molar-refractivity contribution in [2.45, 2.75) is 51.6 Å². The Morgan fingerprint density at radius 2 is 2.00 bits per heavy atom. The van der Waals surface area contributed by atoms with Crippen LogP contribution in [-0.2, 0) is 9.53 Å². The quantitative estimate of drug-likeness (QED) is 0.790. The molecule has 1 aromatic heterocycles. The Balaban J connectivity index is 1.67. The number of para-hydroxylation sites is 2. The molecule has 2 aliphatic heterocycles. The van der Waals surface area contributed by atoms with E-state index in [4.69, 9.17) is 4.74 Å². The standard InChI is InChI=1S/C20H23N3O3/c1-3-20(19(25)26-4-2)11-13-9-10-17(20)23(13)18(24)16-12-21-14-7-5-6-8-15(14)22-16/h5-8,12-13,17H,3-4,9-11H2,1-2H3/t13-,17+,20+/m1/s1. The molecule has 1 aromatic carbocycles. The maximum absolute atomic E-state index is 13.2. The monoisotopic (exact) mass is 353 g/mol. The Labute approximate surface area is 152 Å². The summed E-state index contributed by atoms with van der Waals surface area (Å²) < 4.78 is 5.36. The highest BCUT2D eigenvalue weighted by Crippen LogP contribution is 2.52. The summed E-state index contributed by atoms with van der Waals surface area (Å²) in [6.07, 6.45) is 4.67.